The van der Waals surface area contributed by atoms with Crippen molar-refractivity contribution in [1.29, 1.82) is 0 Å². The van der Waals surface area contributed by atoms with Crippen LogP contribution in [-0.4, -0.2) is 36.2 Å². The van der Waals surface area contributed by atoms with E-state index in [-0.39, 0.29) is 0 Å². The van der Waals surface area contributed by atoms with Gasteiger partial charge in [0.1, 0.15) is 13.3 Å². The van der Waals surface area contributed by atoms with Crippen LogP contribution in [0.15, 0.2) is 20.4 Å². The van der Waals surface area contributed by atoms with E-state index >= 15 is 0 Å². The van der Waals surface area contributed by atoms with Crippen LogP contribution in [0.25, 0.3) is 0 Å². The highest BCUT2D eigenvalue weighted by Gasteiger charge is 1.98. The van der Waals surface area contributed by atoms with Crippen LogP contribution in [0, 0.1) is 0 Å². The highest BCUT2D eigenvalue weighted by molar-refractivity contribution is 6.40. The van der Waals surface area contributed by atoms with Gasteiger partial charge in [-0.3, -0.25) is 21.7 Å². The van der Waals surface area contributed by atoms with Crippen LogP contribution in [0.3, 0.4) is 0 Å². The van der Waals surface area contributed by atoms with E-state index in [1.165, 1.54) is 0 Å². The van der Waals surface area contributed by atoms with Gasteiger partial charge in [-0.1, -0.05) is 0 Å². The molecule has 0 atom stereocenters. The van der Waals surface area contributed by atoms with Crippen molar-refractivity contribution in [2.75, 3.05) is 13.3 Å². The molecular formula is C10H20N8. The Labute approximate surface area is 107 Å². The van der Waals surface area contributed by atoms with Crippen LogP contribution in [0.4, 0.5) is 0 Å². The third-order valence-corrected chi connectivity index (χ3v) is 2.35. The fraction of sp³-hybridized carbons (Fsp3) is 0.600. The molecule has 1 rings (SSSR count). The molecule has 0 aliphatic carbocycles. The second kappa shape index (κ2) is 7.25. The van der Waals surface area contributed by atoms with E-state index < -0.39 is 0 Å². The van der Waals surface area contributed by atoms with Crippen molar-refractivity contribution in [3.05, 3.63) is 0 Å². The lowest BCUT2D eigenvalue weighted by Gasteiger charge is -2.07. The zero-order valence-electron chi connectivity index (χ0n) is 11.2. The van der Waals surface area contributed by atoms with Crippen molar-refractivity contribution in [3.8, 4) is 0 Å². The van der Waals surface area contributed by atoms with E-state index in [0.29, 0.717) is 13.3 Å². The Bertz CT molecular complexity index is 319. The molecule has 1 aliphatic heterocycles. The van der Waals surface area contributed by atoms with E-state index in [1.54, 1.807) is 0 Å². The fourth-order valence-corrected chi connectivity index (χ4v) is 1.03. The highest BCUT2D eigenvalue weighted by atomic mass is 15.4. The molecule has 18 heavy (non-hydrogen) atoms. The van der Waals surface area contributed by atoms with Crippen molar-refractivity contribution < 1.29 is 0 Å². The molecule has 1 aliphatic rings. The summed E-state index contributed by atoms with van der Waals surface area (Å²) in [5.74, 6) is 0. The van der Waals surface area contributed by atoms with Gasteiger partial charge in [-0.25, -0.2) is 0 Å². The maximum absolute atomic E-state index is 4.15. The predicted molar refractivity (Wildman–Crippen MR) is 74.7 cm³/mol. The normalized spacial score (nSPS) is 30.0. The summed E-state index contributed by atoms with van der Waals surface area (Å²) >= 11 is 0. The Hall–Kier alpha value is -2.12. The van der Waals surface area contributed by atoms with Gasteiger partial charge in [0, 0.05) is 0 Å². The van der Waals surface area contributed by atoms with Crippen molar-refractivity contribution >= 4 is 22.8 Å². The lowest BCUT2D eigenvalue weighted by molar-refractivity contribution is 0.622. The molecule has 1 heterocycles. The first-order valence-electron chi connectivity index (χ1n) is 5.70. The Balaban J connectivity index is 2.72. The minimum atomic E-state index is 0.441. The van der Waals surface area contributed by atoms with Gasteiger partial charge in [0.05, 0.1) is 22.8 Å². The van der Waals surface area contributed by atoms with Crippen LogP contribution in [-0.2, 0) is 0 Å². The number of nitrogens with zero attached hydrogens (tertiary/aromatic N) is 4. The van der Waals surface area contributed by atoms with Crippen molar-refractivity contribution in [1.82, 2.24) is 21.7 Å². The summed E-state index contributed by atoms with van der Waals surface area (Å²) in [5, 5.41) is 16.6. The molecule has 0 amide bonds. The molecule has 0 aromatic heterocycles. The summed E-state index contributed by atoms with van der Waals surface area (Å²) in [4.78, 5) is 0. The topological polar surface area (TPSA) is 97.6 Å². The maximum atomic E-state index is 4.15. The molecule has 0 radical (unpaired) electrons. The molecule has 4 N–H and O–H groups in total. The van der Waals surface area contributed by atoms with E-state index in [0.717, 1.165) is 22.8 Å². The summed E-state index contributed by atoms with van der Waals surface area (Å²) in [6.07, 6.45) is 0. The highest BCUT2D eigenvalue weighted by Crippen LogP contribution is 1.84. The molecule has 8 heteroatoms. The van der Waals surface area contributed by atoms with E-state index in [1.807, 2.05) is 27.7 Å². The van der Waals surface area contributed by atoms with Gasteiger partial charge in [-0.2, -0.15) is 20.4 Å². The standard InChI is InChI=1S/C10H20N8/c1-7-8(2)16-12-6-14-18-10(4)9(3)17-13-5-11-15-7/h11-14H,5-6H2,1-4H3/b15-7-,16-8+,17-9+,18-10-. The third kappa shape index (κ3) is 4.81. The molecule has 0 spiro atoms. The van der Waals surface area contributed by atoms with Crippen molar-refractivity contribution in [2.45, 2.75) is 27.7 Å². The first-order valence-corrected chi connectivity index (χ1v) is 5.70. The summed E-state index contributed by atoms with van der Waals surface area (Å²) in [6.45, 7) is 8.40. The molecule has 0 bridgehead atoms. The average Bonchev–Trinajstić information content (AvgIpc) is 2.35. The van der Waals surface area contributed by atoms with Crippen molar-refractivity contribution in [3.63, 3.8) is 0 Å². The molecule has 0 saturated carbocycles. The lowest BCUT2D eigenvalue weighted by Crippen LogP contribution is -2.28. The average molecular weight is 252 g/mol. The molecule has 0 aromatic carbocycles. The second-order valence-electron chi connectivity index (χ2n) is 3.77. The largest absolute Gasteiger partial charge is 0.289 e. The molecule has 8 nitrogen and oxygen atoms in total. The van der Waals surface area contributed by atoms with E-state index in [4.69, 9.17) is 0 Å². The molecule has 100 valence electrons. The van der Waals surface area contributed by atoms with Crippen LogP contribution in [0.2, 0.25) is 0 Å². The minimum Gasteiger partial charge on any atom is -0.289 e. The molecule has 0 saturated heterocycles. The molecule has 0 fully saturated rings. The Morgan fingerprint density at radius 1 is 0.556 bits per heavy atom. The van der Waals surface area contributed by atoms with Crippen LogP contribution in [0.1, 0.15) is 27.7 Å². The van der Waals surface area contributed by atoms with E-state index in [2.05, 4.69) is 42.1 Å². The fourth-order valence-electron chi connectivity index (χ4n) is 1.03. The summed E-state index contributed by atoms with van der Waals surface area (Å²) in [5.41, 5.74) is 14.7. The summed E-state index contributed by atoms with van der Waals surface area (Å²) in [6, 6.07) is 0. The number of hydrogen-bond acceptors (Lipinski definition) is 8. The maximum Gasteiger partial charge on any atom is 0.117 e. The minimum absolute atomic E-state index is 0.441. The van der Waals surface area contributed by atoms with Gasteiger partial charge in [-0.15, -0.1) is 0 Å². The predicted octanol–water partition coefficient (Wildman–Crippen LogP) is -0.223. The SMILES string of the molecule is CC1=N/NCN/N=C(C)/C(C)=N\NCN\N=C\1C. The number of rotatable bonds is 0. The zero-order chi connectivity index (χ0) is 13.4. The van der Waals surface area contributed by atoms with Gasteiger partial charge >= 0.3 is 0 Å². The molecular weight excluding hydrogens is 232 g/mol. The van der Waals surface area contributed by atoms with Crippen LogP contribution >= 0.6 is 0 Å². The first-order chi connectivity index (χ1) is 8.61. The van der Waals surface area contributed by atoms with Gasteiger partial charge < -0.3 is 0 Å². The number of nitrogens with one attached hydrogen (secondary N) is 4. The zero-order valence-corrected chi connectivity index (χ0v) is 11.2. The smallest absolute Gasteiger partial charge is 0.117 e. The third-order valence-electron chi connectivity index (χ3n) is 2.35. The second-order valence-corrected chi connectivity index (χ2v) is 3.77. The number of hydrogen-bond donors (Lipinski definition) is 4. The molecule has 0 aromatic rings. The van der Waals surface area contributed by atoms with Gasteiger partial charge in [0.15, 0.2) is 0 Å². The number of hydrazone groups is 4. The Morgan fingerprint density at radius 2 is 0.778 bits per heavy atom. The Morgan fingerprint density at radius 3 is 1.00 bits per heavy atom. The summed E-state index contributed by atoms with van der Waals surface area (Å²) < 4.78 is 0. The Kier molecular flexibility index (Phi) is 5.62. The van der Waals surface area contributed by atoms with Crippen LogP contribution in [0.5, 0.6) is 0 Å². The van der Waals surface area contributed by atoms with Gasteiger partial charge in [-0.05, 0) is 27.7 Å². The quantitative estimate of drug-likeness (QED) is 0.479. The van der Waals surface area contributed by atoms with Crippen LogP contribution < -0.4 is 21.7 Å². The lowest BCUT2D eigenvalue weighted by atomic mass is 10.3. The first kappa shape index (κ1) is 13.9. The summed E-state index contributed by atoms with van der Waals surface area (Å²) in [7, 11) is 0. The van der Waals surface area contributed by atoms with Gasteiger partial charge in [0.25, 0.3) is 0 Å². The van der Waals surface area contributed by atoms with Crippen molar-refractivity contribution in [2.24, 2.45) is 20.4 Å². The monoisotopic (exact) mass is 252 g/mol. The van der Waals surface area contributed by atoms with E-state index in [9.17, 15) is 0 Å². The molecule has 0 unspecified atom stereocenters. The van der Waals surface area contributed by atoms with Gasteiger partial charge in [0.2, 0.25) is 0 Å².